The lowest BCUT2D eigenvalue weighted by Gasteiger charge is -2.08. The SMILES string of the molecule is COc1ccc([N+](=O)[O-])cc1NC(=O)c1nc(N)n[nH]1. The molecule has 0 fully saturated rings. The van der Waals surface area contributed by atoms with Crippen molar-refractivity contribution >= 4 is 23.2 Å². The van der Waals surface area contributed by atoms with Crippen molar-refractivity contribution in [3.05, 3.63) is 34.1 Å². The minimum Gasteiger partial charge on any atom is -0.495 e. The van der Waals surface area contributed by atoms with Crippen molar-refractivity contribution < 1.29 is 14.5 Å². The minimum absolute atomic E-state index is 0.0823. The van der Waals surface area contributed by atoms with Crippen LogP contribution in [0, 0.1) is 10.1 Å². The third-order valence-corrected chi connectivity index (χ3v) is 2.36. The Bertz CT molecular complexity index is 668. The first kappa shape index (κ1) is 13.3. The second-order valence-corrected chi connectivity index (χ2v) is 3.64. The Morgan fingerprint density at radius 1 is 1.55 bits per heavy atom. The van der Waals surface area contributed by atoms with Gasteiger partial charge in [-0.15, -0.1) is 5.10 Å². The number of amides is 1. The molecule has 0 aliphatic heterocycles. The standard InChI is InChI=1S/C10H10N6O4/c1-20-7-3-2-5(16(18)19)4-6(7)12-9(17)8-13-10(11)15-14-8/h2-4H,1H3,(H,12,17)(H3,11,13,14,15). The quantitative estimate of drug-likeness (QED) is 0.546. The first-order chi connectivity index (χ1) is 9.51. The Morgan fingerprint density at radius 3 is 2.85 bits per heavy atom. The maximum absolute atomic E-state index is 11.9. The van der Waals surface area contributed by atoms with Crippen LogP contribution in [-0.2, 0) is 0 Å². The molecule has 0 unspecified atom stereocenters. The topological polar surface area (TPSA) is 149 Å². The number of aromatic amines is 1. The van der Waals surface area contributed by atoms with Gasteiger partial charge in [0, 0.05) is 12.1 Å². The lowest BCUT2D eigenvalue weighted by atomic mass is 10.2. The van der Waals surface area contributed by atoms with E-state index in [1.54, 1.807) is 0 Å². The molecule has 0 saturated heterocycles. The molecule has 0 aliphatic carbocycles. The number of nitrogens with zero attached hydrogens (tertiary/aromatic N) is 3. The Hall–Kier alpha value is -3.17. The van der Waals surface area contributed by atoms with Crippen molar-refractivity contribution in [1.82, 2.24) is 15.2 Å². The van der Waals surface area contributed by atoms with E-state index in [0.717, 1.165) is 0 Å². The van der Waals surface area contributed by atoms with Gasteiger partial charge < -0.3 is 15.8 Å². The summed E-state index contributed by atoms with van der Waals surface area (Å²) < 4.78 is 5.01. The zero-order valence-electron chi connectivity index (χ0n) is 10.3. The van der Waals surface area contributed by atoms with Gasteiger partial charge in [-0.2, -0.15) is 4.98 Å². The van der Waals surface area contributed by atoms with Crippen LogP contribution in [0.3, 0.4) is 0 Å². The van der Waals surface area contributed by atoms with Crippen molar-refractivity contribution in [2.24, 2.45) is 0 Å². The number of aromatic nitrogens is 3. The van der Waals surface area contributed by atoms with E-state index >= 15 is 0 Å². The predicted molar refractivity (Wildman–Crippen MR) is 68.4 cm³/mol. The van der Waals surface area contributed by atoms with E-state index in [0.29, 0.717) is 0 Å². The first-order valence-corrected chi connectivity index (χ1v) is 5.33. The average molecular weight is 278 g/mol. The number of ether oxygens (including phenoxy) is 1. The highest BCUT2D eigenvalue weighted by Crippen LogP contribution is 2.29. The van der Waals surface area contributed by atoms with Crippen molar-refractivity contribution in [2.45, 2.75) is 0 Å². The number of carbonyl (C=O) groups is 1. The molecule has 0 radical (unpaired) electrons. The molecule has 20 heavy (non-hydrogen) atoms. The smallest absolute Gasteiger partial charge is 0.293 e. The number of benzene rings is 1. The fourth-order valence-electron chi connectivity index (χ4n) is 1.47. The number of anilines is 2. The van der Waals surface area contributed by atoms with E-state index in [4.69, 9.17) is 10.5 Å². The predicted octanol–water partition coefficient (Wildman–Crippen LogP) is 0.556. The fraction of sp³-hybridized carbons (Fsp3) is 0.100. The van der Waals surface area contributed by atoms with Crippen LogP contribution in [0.4, 0.5) is 17.3 Å². The zero-order valence-corrected chi connectivity index (χ0v) is 10.3. The molecule has 10 heteroatoms. The molecule has 1 amide bonds. The van der Waals surface area contributed by atoms with Crippen LogP contribution in [0.15, 0.2) is 18.2 Å². The minimum atomic E-state index is -0.645. The summed E-state index contributed by atoms with van der Waals surface area (Å²) in [5.41, 5.74) is 5.24. The molecule has 104 valence electrons. The van der Waals surface area contributed by atoms with Crippen LogP contribution < -0.4 is 15.8 Å². The summed E-state index contributed by atoms with van der Waals surface area (Å²) in [7, 11) is 1.38. The number of H-pyrrole nitrogens is 1. The van der Waals surface area contributed by atoms with Gasteiger partial charge in [-0.1, -0.05) is 0 Å². The highest BCUT2D eigenvalue weighted by atomic mass is 16.6. The number of nitro benzene ring substituents is 1. The highest BCUT2D eigenvalue weighted by molar-refractivity contribution is 6.02. The molecule has 2 aromatic rings. The number of rotatable bonds is 4. The van der Waals surface area contributed by atoms with E-state index < -0.39 is 10.8 Å². The molecule has 1 aromatic carbocycles. The number of hydrogen-bond acceptors (Lipinski definition) is 7. The fourth-order valence-corrected chi connectivity index (χ4v) is 1.47. The molecule has 0 aliphatic rings. The number of methoxy groups -OCH3 is 1. The van der Waals surface area contributed by atoms with Gasteiger partial charge in [-0.05, 0) is 6.07 Å². The molecule has 10 nitrogen and oxygen atoms in total. The lowest BCUT2D eigenvalue weighted by Crippen LogP contribution is -2.14. The summed E-state index contributed by atoms with van der Waals surface area (Å²) in [5, 5.41) is 19.0. The van der Waals surface area contributed by atoms with Crippen LogP contribution in [0.2, 0.25) is 0 Å². The second kappa shape index (κ2) is 5.22. The monoisotopic (exact) mass is 278 g/mol. The number of hydrogen-bond donors (Lipinski definition) is 3. The Labute approximate surface area is 112 Å². The lowest BCUT2D eigenvalue weighted by molar-refractivity contribution is -0.384. The van der Waals surface area contributed by atoms with Crippen LogP contribution in [0.1, 0.15) is 10.6 Å². The maximum Gasteiger partial charge on any atom is 0.293 e. The van der Waals surface area contributed by atoms with Crippen LogP contribution in [0.25, 0.3) is 0 Å². The number of nitrogens with one attached hydrogen (secondary N) is 2. The third-order valence-electron chi connectivity index (χ3n) is 2.36. The van der Waals surface area contributed by atoms with Gasteiger partial charge >= 0.3 is 0 Å². The summed E-state index contributed by atoms with van der Waals surface area (Å²) in [6, 6.07) is 3.82. The number of non-ortho nitro benzene ring substituents is 1. The van der Waals surface area contributed by atoms with Crippen molar-refractivity contribution in [3.63, 3.8) is 0 Å². The van der Waals surface area contributed by atoms with Gasteiger partial charge in [-0.3, -0.25) is 20.0 Å². The van der Waals surface area contributed by atoms with Crippen LogP contribution in [0.5, 0.6) is 5.75 Å². The molecule has 1 aromatic heterocycles. The van der Waals surface area contributed by atoms with E-state index in [1.165, 1.54) is 25.3 Å². The number of nitrogen functional groups attached to an aromatic ring is 1. The Balaban J connectivity index is 2.29. The van der Waals surface area contributed by atoms with Crippen molar-refractivity contribution in [3.8, 4) is 5.75 Å². The molecule has 0 atom stereocenters. The average Bonchev–Trinajstić information content (AvgIpc) is 2.85. The Morgan fingerprint density at radius 2 is 2.30 bits per heavy atom. The summed E-state index contributed by atoms with van der Waals surface area (Å²) in [5.74, 6) is -0.568. The maximum atomic E-state index is 11.9. The molecule has 4 N–H and O–H groups in total. The summed E-state index contributed by atoms with van der Waals surface area (Å²) in [4.78, 5) is 25.6. The van der Waals surface area contributed by atoms with Gasteiger partial charge in [0.15, 0.2) is 0 Å². The zero-order chi connectivity index (χ0) is 14.7. The van der Waals surface area contributed by atoms with Gasteiger partial charge in [0.1, 0.15) is 5.75 Å². The Kier molecular flexibility index (Phi) is 3.46. The molecule has 0 spiro atoms. The van der Waals surface area contributed by atoms with E-state index in [9.17, 15) is 14.9 Å². The molecular weight excluding hydrogens is 268 g/mol. The molecule has 0 bridgehead atoms. The molecule has 0 saturated carbocycles. The molecule has 2 rings (SSSR count). The summed E-state index contributed by atoms with van der Waals surface area (Å²) in [6.07, 6.45) is 0. The summed E-state index contributed by atoms with van der Waals surface area (Å²) >= 11 is 0. The van der Waals surface area contributed by atoms with Gasteiger partial charge in [0.2, 0.25) is 11.8 Å². The number of nitrogens with two attached hydrogens (primary N) is 1. The van der Waals surface area contributed by atoms with Crippen LogP contribution in [-0.4, -0.2) is 33.1 Å². The largest absolute Gasteiger partial charge is 0.495 e. The first-order valence-electron chi connectivity index (χ1n) is 5.33. The van der Waals surface area contributed by atoms with Crippen molar-refractivity contribution in [1.29, 1.82) is 0 Å². The van der Waals surface area contributed by atoms with E-state index in [2.05, 4.69) is 20.5 Å². The van der Waals surface area contributed by atoms with E-state index in [-0.39, 0.29) is 28.9 Å². The third kappa shape index (κ3) is 2.63. The highest BCUT2D eigenvalue weighted by Gasteiger charge is 2.16. The molecular formula is C10H10N6O4. The second-order valence-electron chi connectivity index (χ2n) is 3.64. The van der Waals surface area contributed by atoms with Crippen molar-refractivity contribution in [2.75, 3.05) is 18.2 Å². The van der Waals surface area contributed by atoms with Crippen LogP contribution >= 0.6 is 0 Å². The number of nitro groups is 1. The van der Waals surface area contributed by atoms with Gasteiger partial charge in [0.25, 0.3) is 11.6 Å². The van der Waals surface area contributed by atoms with Gasteiger partial charge in [0.05, 0.1) is 17.7 Å². The van der Waals surface area contributed by atoms with E-state index in [1.807, 2.05) is 0 Å². The summed E-state index contributed by atoms with van der Waals surface area (Å²) in [6.45, 7) is 0. The number of carbonyl (C=O) groups excluding carboxylic acids is 1. The normalized spacial score (nSPS) is 10.1. The van der Waals surface area contributed by atoms with Gasteiger partial charge in [-0.25, -0.2) is 0 Å². The molecule has 1 heterocycles.